The van der Waals surface area contributed by atoms with Gasteiger partial charge in [-0.2, -0.15) is 4.98 Å². The number of aromatic nitrogens is 4. The summed E-state index contributed by atoms with van der Waals surface area (Å²) in [5, 5.41) is 13.4. The smallest absolute Gasteiger partial charge is 0.222 e. The molecule has 1 aliphatic rings. The number of rotatable bonds is 5. The van der Waals surface area contributed by atoms with E-state index < -0.39 is 0 Å². The second-order valence-electron chi connectivity index (χ2n) is 7.90. The van der Waals surface area contributed by atoms with Crippen LogP contribution in [0.1, 0.15) is 26.7 Å². The highest BCUT2D eigenvalue weighted by atomic mass is 16.3. The van der Waals surface area contributed by atoms with Crippen LogP contribution in [-0.2, 0) is 0 Å². The summed E-state index contributed by atoms with van der Waals surface area (Å²) in [6.07, 6.45) is 5.38. The second-order valence-corrected chi connectivity index (χ2v) is 7.90. The minimum Gasteiger partial charge on any atom is -0.396 e. The summed E-state index contributed by atoms with van der Waals surface area (Å²) in [6, 6.07) is 11.4. The molecule has 3 aromatic rings. The maximum atomic E-state index is 9.71. The zero-order valence-corrected chi connectivity index (χ0v) is 16.7. The zero-order valence-electron chi connectivity index (χ0n) is 16.7. The number of anilines is 2. The molecule has 3 atom stereocenters. The molecule has 4 rings (SSSR count). The van der Waals surface area contributed by atoms with Gasteiger partial charge in [-0.15, -0.1) is 0 Å². The molecule has 0 aromatic carbocycles. The summed E-state index contributed by atoms with van der Waals surface area (Å²) in [7, 11) is 0. The fourth-order valence-corrected chi connectivity index (χ4v) is 4.19. The van der Waals surface area contributed by atoms with E-state index in [-0.39, 0.29) is 29.9 Å². The number of aliphatic hydroxyl groups excluding tert-OH is 1. The van der Waals surface area contributed by atoms with Crippen LogP contribution in [0.4, 0.5) is 11.8 Å². The maximum absolute atomic E-state index is 9.71. The van der Waals surface area contributed by atoms with Crippen molar-refractivity contribution in [3.63, 3.8) is 0 Å². The molecule has 1 fully saturated rings. The summed E-state index contributed by atoms with van der Waals surface area (Å²) >= 11 is 0. The van der Waals surface area contributed by atoms with E-state index in [1.54, 1.807) is 12.4 Å². The molecule has 1 saturated carbocycles. The van der Waals surface area contributed by atoms with E-state index in [1.807, 2.05) is 36.4 Å². The first kappa shape index (κ1) is 19.3. The van der Waals surface area contributed by atoms with Gasteiger partial charge in [-0.05, 0) is 55.9 Å². The third-order valence-corrected chi connectivity index (χ3v) is 6.14. The molecule has 4 N–H and O–H groups in total. The minimum atomic E-state index is -0.223. The molecule has 0 saturated heterocycles. The van der Waals surface area contributed by atoms with Crippen LogP contribution in [0.25, 0.3) is 22.6 Å². The van der Waals surface area contributed by atoms with Crippen molar-refractivity contribution in [1.82, 2.24) is 19.9 Å². The Morgan fingerprint density at radius 1 is 1.10 bits per heavy atom. The van der Waals surface area contributed by atoms with Gasteiger partial charge in [0.05, 0.1) is 17.0 Å². The Kier molecular flexibility index (Phi) is 5.15. The number of nitrogen functional groups attached to an aromatic ring is 1. The number of pyridine rings is 2. The van der Waals surface area contributed by atoms with E-state index >= 15 is 0 Å². The summed E-state index contributed by atoms with van der Waals surface area (Å²) in [5.74, 6) is 1.37. The van der Waals surface area contributed by atoms with Crippen molar-refractivity contribution in [2.75, 3.05) is 17.7 Å². The fraction of sp³-hybridized carbons (Fsp3) is 0.364. The Morgan fingerprint density at radius 2 is 1.79 bits per heavy atom. The first-order chi connectivity index (χ1) is 14.0. The van der Waals surface area contributed by atoms with Gasteiger partial charge in [0, 0.05) is 24.5 Å². The highest BCUT2D eigenvalue weighted by Crippen LogP contribution is 2.44. The van der Waals surface area contributed by atoms with Gasteiger partial charge >= 0.3 is 0 Å². The minimum absolute atomic E-state index is 0.181. The summed E-state index contributed by atoms with van der Waals surface area (Å²) in [4.78, 5) is 18.1. The van der Waals surface area contributed by atoms with Gasteiger partial charge in [-0.25, -0.2) is 4.98 Å². The van der Waals surface area contributed by atoms with Crippen molar-refractivity contribution in [2.45, 2.75) is 32.2 Å². The van der Waals surface area contributed by atoms with Crippen LogP contribution in [0.2, 0.25) is 0 Å². The first-order valence-electron chi connectivity index (χ1n) is 9.91. The van der Waals surface area contributed by atoms with E-state index in [0.29, 0.717) is 17.2 Å². The quantitative estimate of drug-likeness (QED) is 0.612. The van der Waals surface area contributed by atoms with Gasteiger partial charge in [0.1, 0.15) is 11.5 Å². The lowest BCUT2D eigenvalue weighted by molar-refractivity contribution is 0.187. The molecule has 0 bridgehead atoms. The third-order valence-electron chi connectivity index (χ3n) is 6.14. The van der Waals surface area contributed by atoms with Crippen molar-refractivity contribution in [1.29, 1.82) is 0 Å². The van der Waals surface area contributed by atoms with Gasteiger partial charge < -0.3 is 16.2 Å². The number of hydrogen-bond acceptors (Lipinski definition) is 7. The van der Waals surface area contributed by atoms with E-state index in [2.05, 4.69) is 39.1 Å². The van der Waals surface area contributed by atoms with E-state index in [9.17, 15) is 5.11 Å². The fourth-order valence-electron chi connectivity index (χ4n) is 4.19. The molecule has 7 nitrogen and oxygen atoms in total. The Bertz CT molecular complexity index is 981. The summed E-state index contributed by atoms with van der Waals surface area (Å²) in [5.41, 5.74) is 8.76. The topological polar surface area (TPSA) is 110 Å². The lowest BCUT2D eigenvalue weighted by Crippen LogP contribution is -2.40. The van der Waals surface area contributed by atoms with Crippen LogP contribution < -0.4 is 11.1 Å². The van der Waals surface area contributed by atoms with Crippen molar-refractivity contribution in [3.8, 4) is 22.6 Å². The highest BCUT2D eigenvalue weighted by Gasteiger charge is 2.42. The Balaban J connectivity index is 1.87. The normalized spacial score (nSPS) is 23.8. The Labute approximate surface area is 170 Å². The predicted molar refractivity (Wildman–Crippen MR) is 114 cm³/mol. The first-order valence-corrected chi connectivity index (χ1v) is 9.91. The molecule has 3 heterocycles. The van der Waals surface area contributed by atoms with Crippen LogP contribution in [0.15, 0.2) is 48.8 Å². The molecule has 150 valence electrons. The molecule has 0 aliphatic heterocycles. The number of nitrogens with two attached hydrogens (primary N) is 1. The molecule has 29 heavy (non-hydrogen) atoms. The standard InChI is InChI=1S/C22H26N6O/c1-14-15(13-29)9-10-22(14,2)28-20-18(16-7-3-5-11-24-16)19(26-21(23)27-20)17-8-4-6-12-25-17/h3-8,11-12,14-15,29H,9-10,13H2,1-2H3,(H3,23,26,27,28)/t14-,15-,22+/m1/s1. The van der Waals surface area contributed by atoms with Crippen molar-refractivity contribution >= 4 is 11.8 Å². The molecule has 1 aliphatic carbocycles. The highest BCUT2D eigenvalue weighted by molar-refractivity contribution is 5.86. The Morgan fingerprint density at radius 3 is 2.38 bits per heavy atom. The molecule has 0 radical (unpaired) electrons. The lowest BCUT2D eigenvalue weighted by Gasteiger charge is -2.34. The van der Waals surface area contributed by atoms with Crippen molar-refractivity contribution in [3.05, 3.63) is 48.8 Å². The molecule has 7 heteroatoms. The van der Waals surface area contributed by atoms with Gasteiger partial charge in [-0.3, -0.25) is 9.97 Å². The number of nitrogens with one attached hydrogen (secondary N) is 1. The van der Waals surface area contributed by atoms with Gasteiger partial charge in [0.25, 0.3) is 0 Å². The number of nitrogens with zero attached hydrogens (tertiary/aromatic N) is 4. The van der Waals surface area contributed by atoms with Gasteiger partial charge in [-0.1, -0.05) is 19.1 Å². The molecule has 0 spiro atoms. The van der Waals surface area contributed by atoms with Crippen LogP contribution >= 0.6 is 0 Å². The van der Waals surface area contributed by atoms with Crippen LogP contribution in [0, 0.1) is 11.8 Å². The van der Waals surface area contributed by atoms with E-state index in [4.69, 9.17) is 5.73 Å². The van der Waals surface area contributed by atoms with Crippen molar-refractivity contribution in [2.24, 2.45) is 11.8 Å². The second kappa shape index (κ2) is 7.75. The third kappa shape index (κ3) is 3.65. The average molecular weight is 390 g/mol. The summed E-state index contributed by atoms with van der Waals surface area (Å²) < 4.78 is 0. The Hall–Kier alpha value is -3.06. The number of aliphatic hydroxyl groups is 1. The molecule has 3 aromatic heterocycles. The van der Waals surface area contributed by atoms with Crippen LogP contribution in [-0.4, -0.2) is 37.2 Å². The molecular weight excluding hydrogens is 364 g/mol. The SMILES string of the molecule is C[C@@H]1[C@@H](CO)CC[C@]1(C)Nc1nc(N)nc(-c2ccccn2)c1-c1ccccn1. The van der Waals surface area contributed by atoms with Crippen LogP contribution in [0.3, 0.4) is 0 Å². The van der Waals surface area contributed by atoms with Gasteiger partial charge in [0.15, 0.2) is 0 Å². The molecular formula is C22H26N6O. The van der Waals surface area contributed by atoms with E-state index in [0.717, 1.165) is 24.1 Å². The van der Waals surface area contributed by atoms with Gasteiger partial charge in [0.2, 0.25) is 5.95 Å². The van der Waals surface area contributed by atoms with Crippen molar-refractivity contribution < 1.29 is 5.11 Å². The zero-order chi connectivity index (χ0) is 20.4. The van der Waals surface area contributed by atoms with Crippen LogP contribution in [0.5, 0.6) is 0 Å². The number of hydrogen-bond donors (Lipinski definition) is 3. The largest absolute Gasteiger partial charge is 0.396 e. The summed E-state index contributed by atoms with van der Waals surface area (Å²) in [6.45, 7) is 4.54. The monoisotopic (exact) mass is 390 g/mol. The van der Waals surface area contributed by atoms with E-state index in [1.165, 1.54) is 0 Å². The molecule has 0 amide bonds. The average Bonchev–Trinajstić information content (AvgIpc) is 3.02. The predicted octanol–water partition coefficient (Wildman–Crippen LogP) is 3.39. The molecule has 0 unspecified atom stereocenters. The lowest BCUT2D eigenvalue weighted by atomic mass is 9.86. The maximum Gasteiger partial charge on any atom is 0.222 e.